The van der Waals surface area contributed by atoms with Gasteiger partial charge in [0.1, 0.15) is 10.6 Å². The van der Waals surface area contributed by atoms with Crippen LogP contribution in [0.4, 0.5) is 0 Å². The number of carbonyl (C=O) groups is 1. The Morgan fingerprint density at radius 3 is 2.46 bits per heavy atom. The number of rotatable bonds is 7. The molecule has 0 fully saturated rings. The summed E-state index contributed by atoms with van der Waals surface area (Å²) >= 11 is 5.80. The van der Waals surface area contributed by atoms with Gasteiger partial charge < -0.3 is 9.84 Å². The summed E-state index contributed by atoms with van der Waals surface area (Å²) in [6, 6.07) is 10.7. The van der Waals surface area contributed by atoms with E-state index in [1.807, 2.05) is 12.1 Å². The van der Waals surface area contributed by atoms with Gasteiger partial charge in [0.15, 0.2) is 0 Å². The van der Waals surface area contributed by atoms with Crippen LogP contribution in [0, 0.1) is 0 Å². The van der Waals surface area contributed by atoms with Gasteiger partial charge in [-0.2, -0.15) is 0 Å². The zero-order valence-corrected chi connectivity index (χ0v) is 14.4. The Kier molecular flexibility index (Phi) is 5.82. The topological polar surface area (TPSA) is 92.7 Å². The minimum atomic E-state index is -3.90. The second kappa shape index (κ2) is 7.65. The Balaban J connectivity index is 2.15. The van der Waals surface area contributed by atoms with Crippen molar-refractivity contribution in [1.82, 2.24) is 4.72 Å². The lowest BCUT2D eigenvalue weighted by Crippen LogP contribution is -2.26. The second-order valence-electron chi connectivity index (χ2n) is 4.95. The maximum atomic E-state index is 12.4. The lowest BCUT2D eigenvalue weighted by Gasteiger charge is -2.11. The summed E-state index contributed by atoms with van der Waals surface area (Å²) in [4.78, 5) is 10.8. The summed E-state index contributed by atoms with van der Waals surface area (Å²) in [7, 11) is -2.58. The van der Waals surface area contributed by atoms with E-state index in [0.29, 0.717) is 11.4 Å². The van der Waals surface area contributed by atoms with E-state index in [2.05, 4.69) is 4.72 Å². The first kappa shape index (κ1) is 18.3. The number of sulfonamides is 1. The number of ether oxygens (including phenoxy) is 1. The number of benzene rings is 2. The molecule has 2 N–H and O–H groups in total. The molecule has 0 heterocycles. The van der Waals surface area contributed by atoms with Crippen molar-refractivity contribution in [3.63, 3.8) is 0 Å². The van der Waals surface area contributed by atoms with Gasteiger partial charge in [0, 0.05) is 11.6 Å². The maximum Gasteiger partial charge on any atom is 0.335 e. The third kappa shape index (κ3) is 4.47. The highest BCUT2D eigenvalue weighted by Crippen LogP contribution is 2.24. The van der Waals surface area contributed by atoms with Crippen molar-refractivity contribution in [2.75, 3.05) is 13.7 Å². The van der Waals surface area contributed by atoms with Gasteiger partial charge in [-0.15, -0.1) is 0 Å². The monoisotopic (exact) mass is 369 g/mol. The summed E-state index contributed by atoms with van der Waals surface area (Å²) in [6.45, 7) is 0.157. The van der Waals surface area contributed by atoms with Gasteiger partial charge in [-0.05, 0) is 42.3 Å². The van der Waals surface area contributed by atoms with E-state index in [4.69, 9.17) is 21.4 Å². The van der Waals surface area contributed by atoms with Gasteiger partial charge in [-0.3, -0.25) is 0 Å². The second-order valence-corrected chi connectivity index (χ2v) is 7.12. The highest BCUT2D eigenvalue weighted by molar-refractivity contribution is 7.89. The summed E-state index contributed by atoms with van der Waals surface area (Å²) in [5.41, 5.74) is 0.794. The van der Waals surface area contributed by atoms with E-state index in [9.17, 15) is 13.2 Å². The molecule has 0 aliphatic carbocycles. The average Bonchev–Trinajstić information content (AvgIpc) is 2.56. The van der Waals surface area contributed by atoms with Crippen LogP contribution in [0.3, 0.4) is 0 Å². The Morgan fingerprint density at radius 1 is 1.21 bits per heavy atom. The number of aromatic carboxylic acids is 1. The SMILES string of the molecule is COc1ccc(C(=O)O)cc1S(=O)(=O)NCCc1ccc(Cl)cc1. The van der Waals surface area contributed by atoms with Crippen LogP contribution in [-0.2, 0) is 16.4 Å². The summed E-state index contributed by atoms with van der Waals surface area (Å²) < 4.78 is 32.3. The molecule has 0 aliphatic heterocycles. The molecule has 128 valence electrons. The van der Waals surface area contributed by atoms with Gasteiger partial charge in [0.2, 0.25) is 10.0 Å². The van der Waals surface area contributed by atoms with Gasteiger partial charge >= 0.3 is 5.97 Å². The number of carboxylic acids is 1. The lowest BCUT2D eigenvalue weighted by atomic mass is 10.2. The molecule has 0 aliphatic rings. The van der Waals surface area contributed by atoms with Crippen molar-refractivity contribution < 1.29 is 23.1 Å². The van der Waals surface area contributed by atoms with Crippen LogP contribution < -0.4 is 9.46 Å². The third-order valence-electron chi connectivity index (χ3n) is 3.32. The quantitative estimate of drug-likeness (QED) is 0.782. The van der Waals surface area contributed by atoms with Crippen molar-refractivity contribution in [2.24, 2.45) is 0 Å². The molecule has 2 rings (SSSR count). The lowest BCUT2D eigenvalue weighted by molar-refractivity contribution is 0.0696. The molecule has 6 nitrogen and oxygen atoms in total. The molecule has 0 amide bonds. The fourth-order valence-electron chi connectivity index (χ4n) is 2.08. The van der Waals surface area contributed by atoms with E-state index in [0.717, 1.165) is 11.6 Å². The number of halogens is 1. The molecule has 0 aromatic heterocycles. The van der Waals surface area contributed by atoms with Crippen LogP contribution in [-0.4, -0.2) is 33.1 Å². The molecule has 0 unspecified atom stereocenters. The highest BCUT2D eigenvalue weighted by atomic mass is 35.5. The smallest absolute Gasteiger partial charge is 0.335 e. The van der Waals surface area contributed by atoms with Crippen LogP contribution in [0.5, 0.6) is 5.75 Å². The summed E-state index contributed by atoms with van der Waals surface area (Å²) in [5.74, 6) is -1.13. The van der Waals surface area contributed by atoms with Crippen LogP contribution in [0.2, 0.25) is 5.02 Å². The number of carboxylic acid groups (broad SMARTS) is 1. The zero-order chi connectivity index (χ0) is 17.7. The fraction of sp³-hybridized carbons (Fsp3) is 0.188. The minimum Gasteiger partial charge on any atom is -0.495 e. The van der Waals surface area contributed by atoms with Crippen LogP contribution in [0.15, 0.2) is 47.4 Å². The number of methoxy groups -OCH3 is 1. The highest BCUT2D eigenvalue weighted by Gasteiger charge is 2.21. The first-order valence-electron chi connectivity index (χ1n) is 6.99. The van der Waals surface area contributed by atoms with E-state index >= 15 is 0 Å². The number of hydrogen-bond acceptors (Lipinski definition) is 4. The van der Waals surface area contributed by atoms with Gasteiger partial charge in [-0.1, -0.05) is 23.7 Å². The first-order valence-corrected chi connectivity index (χ1v) is 8.85. The average molecular weight is 370 g/mol. The van der Waals surface area contributed by atoms with Crippen LogP contribution >= 0.6 is 11.6 Å². The zero-order valence-electron chi connectivity index (χ0n) is 12.8. The molecule has 0 saturated carbocycles. The minimum absolute atomic E-state index is 0.0824. The predicted molar refractivity (Wildman–Crippen MR) is 90.3 cm³/mol. The van der Waals surface area contributed by atoms with E-state index in [-0.39, 0.29) is 22.8 Å². The molecule has 2 aromatic rings. The van der Waals surface area contributed by atoms with Gasteiger partial charge in [0.05, 0.1) is 12.7 Å². The van der Waals surface area contributed by atoms with E-state index in [1.165, 1.54) is 19.2 Å². The molecule has 2 aromatic carbocycles. The maximum absolute atomic E-state index is 12.4. The molecule has 0 spiro atoms. The van der Waals surface area contributed by atoms with Crippen molar-refractivity contribution >= 4 is 27.6 Å². The normalized spacial score (nSPS) is 11.2. The van der Waals surface area contributed by atoms with Gasteiger partial charge in [-0.25, -0.2) is 17.9 Å². The van der Waals surface area contributed by atoms with Crippen molar-refractivity contribution in [3.8, 4) is 5.75 Å². The number of nitrogens with one attached hydrogen (secondary N) is 1. The Bertz CT molecular complexity index is 834. The Morgan fingerprint density at radius 2 is 1.88 bits per heavy atom. The molecule has 0 atom stereocenters. The first-order chi connectivity index (χ1) is 11.3. The van der Waals surface area contributed by atoms with Crippen LogP contribution in [0.1, 0.15) is 15.9 Å². The molecule has 24 heavy (non-hydrogen) atoms. The molecular weight excluding hydrogens is 354 g/mol. The molecule has 8 heteroatoms. The van der Waals surface area contributed by atoms with Crippen molar-refractivity contribution in [3.05, 3.63) is 58.6 Å². The van der Waals surface area contributed by atoms with Crippen LogP contribution in [0.25, 0.3) is 0 Å². The van der Waals surface area contributed by atoms with Crippen molar-refractivity contribution in [2.45, 2.75) is 11.3 Å². The molecule has 0 radical (unpaired) electrons. The van der Waals surface area contributed by atoms with E-state index < -0.39 is 16.0 Å². The molecular formula is C16H16ClNO5S. The van der Waals surface area contributed by atoms with Crippen molar-refractivity contribution in [1.29, 1.82) is 0 Å². The fourth-order valence-corrected chi connectivity index (χ4v) is 3.43. The predicted octanol–water partition coefficient (Wildman–Crippen LogP) is 2.57. The summed E-state index contributed by atoms with van der Waals surface area (Å²) in [6.07, 6.45) is 0.470. The van der Waals surface area contributed by atoms with E-state index in [1.54, 1.807) is 12.1 Å². The molecule has 0 saturated heterocycles. The summed E-state index contributed by atoms with van der Waals surface area (Å²) in [5, 5.41) is 9.62. The molecule has 0 bridgehead atoms. The Hall–Kier alpha value is -2.09. The third-order valence-corrected chi connectivity index (χ3v) is 5.05. The number of hydrogen-bond donors (Lipinski definition) is 2. The van der Waals surface area contributed by atoms with Gasteiger partial charge in [0.25, 0.3) is 0 Å². The Labute approximate surface area is 145 Å². The standard InChI is InChI=1S/C16H16ClNO5S/c1-23-14-7-4-12(16(19)20)10-15(14)24(21,22)18-9-8-11-2-5-13(17)6-3-11/h2-7,10,18H,8-9H2,1H3,(H,19,20). The largest absolute Gasteiger partial charge is 0.495 e.